The van der Waals surface area contributed by atoms with Gasteiger partial charge in [0.25, 0.3) is 0 Å². The fourth-order valence-electron chi connectivity index (χ4n) is 4.43. The second-order valence-electron chi connectivity index (χ2n) is 8.13. The fraction of sp³-hybridized carbons (Fsp3) is 0.478. The maximum Gasteiger partial charge on any atom is 0.249 e. The minimum absolute atomic E-state index is 0.0825. The molecule has 1 N–H and O–H groups in total. The number of aromatic nitrogens is 1. The third kappa shape index (κ3) is 5.02. The molecule has 1 aromatic carbocycles. The summed E-state index contributed by atoms with van der Waals surface area (Å²) < 4.78 is 32.4. The second kappa shape index (κ2) is 9.62. The standard InChI is InChI=1S/C23H27F2N3O2/c24-18-9-8-16(13-19(18)25)14-28-11-3-5-17(15-28)22(20-6-1-2-10-26-20)27-23(29)21-7-4-12-30-21/h1-2,6,8-10,13,17,21-22H,3-5,7,11-12,14-15H2,(H,27,29)/t17-,21-,22+/m1/s1. The summed E-state index contributed by atoms with van der Waals surface area (Å²) in [7, 11) is 0. The molecule has 2 aliphatic heterocycles. The summed E-state index contributed by atoms with van der Waals surface area (Å²) in [6.07, 6.45) is 4.92. The Kier molecular flexibility index (Phi) is 6.69. The minimum atomic E-state index is -0.831. The molecule has 1 amide bonds. The maximum absolute atomic E-state index is 13.6. The number of hydrogen-bond donors (Lipinski definition) is 1. The van der Waals surface area contributed by atoms with Gasteiger partial charge in [-0.2, -0.15) is 0 Å². The molecule has 4 rings (SSSR count). The number of nitrogens with zero attached hydrogens (tertiary/aromatic N) is 2. The van der Waals surface area contributed by atoms with Gasteiger partial charge >= 0.3 is 0 Å². The summed E-state index contributed by atoms with van der Waals surface area (Å²) in [5, 5.41) is 3.18. The van der Waals surface area contributed by atoms with E-state index in [1.54, 1.807) is 12.3 Å². The predicted octanol–water partition coefficient (Wildman–Crippen LogP) is 3.61. The highest BCUT2D eigenvalue weighted by Crippen LogP contribution is 2.30. The number of rotatable bonds is 6. The molecule has 0 bridgehead atoms. The number of piperidine rings is 1. The summed E-state index contributed by atoms with van der Waals surface area (Å²) >= 11 is 0. The van der Waals surface area contributed by atoms with Crippen molar-refractivity contribution in [3.63, 3.8) is 0 Å². The highest BCUT2D eigenvalue weighted by Gasteiger charge is 2.33. The van der Waals surface area contributed by atoms with Gasteiger partial charge in [-0.25, -0.2) is 8.78 Å². The lowest BCUT2D eigenvalue weighted by molar-refractivity contribution is -0.131. The van der Waals surface area contributed by atoms with Crippen LogP contribution in [-0.2, 0) is 16.1 Å². The zero-order chi connectivity index (χ0) is 20.9. The van der Waals surface area contributed by atoms with Gasteiger partial charge in [-0.3, -0.25) is 14.7 Å². The molecule has 0 aliphatic carbocycles. The van der Waals surface area contributed by atoms with Crippen LogP contribution in [0.5, 0.6) is 0 Å². The smallest absolute Gasteiger partial charge is 0.249 e. The van der Waals surface area contributed by atoms with Gasteiger partial charge in [0.2, 0.25) is 5.91 Å². The van der Waals surface area contributed by atoms with Crippen LogP contribution >= 0.6 is 0 Å². The molecule has 2 saturated heterocycles. The molecule has 1 aromatic heterocycles. The molecule has 160 valence electrons. The van der Waals surface area contributed by atoms with Crippen molar-refractivity contribution < 1.29 is 18.3 Å². The molecule has 0 spiro atoms. The zero-order valence-corrected chi connectivity index (χ0v) is 16.9. The van der Waals surface area contributed by atoms with E-state index < -0.39 is 17.7 Å². The van der Waals surface area contributed by atoms with Crippen molar-refractivity contribution in [2.75, 3.05) is 19.7 Å². The van der Waals surface area contributed by atoms with Gasteiger partial charge in [-0.1, -0.05) is 12.1 Å². The van der Waals surface area contributed by atoms with Gasteiger partial charge in [-0.05, 0) is 68.0 Å². The Morgan fingerprint density at radius 2 is 2.10 bits per heavy atom. The third-order valence-electron chi connectivity index (χ3n) is 5.93. The Labute approximate surface area is 175 Å². The minimum Gasteiger partial charge on any atom is -0.368 e. The van der Waals surface area contributed by atoms with E-state index in [1.165, 1.54) is 12.1 Å². The number of carbonyl (C=O) groups is 1. The van der Waals surface area contributed by atoms with Crippen LogP contribution in [0.3, 0.4) is 0 Å². The SMILES string of the molecule is O=C(N[C@H](c1ccccn1)[C@@H]1CCCN(Cc2ccc(F)c(F)c2)C1)[C@H]1CCCO1. The molecule has 7 heteroatoms. The Balaban J connectivity index is 1.48. The van der Waals surface area contributed by atoms with Crippen LogP contribution in [0.25, 0.3) is 0 Å². The Morgan fingerprint density at radius 1 is 1.20 bits per heavy atom. The number of likely N-dealkylation sites (tertiary alicyclic amines) is 1. The Bertz CT molecular complexity index is 859. The zero-order valence-electron chi connectivity index (χ0n) is 16.9. The monoisotopic (exact) mass is 415 g/mol. The molecule has 0 unspecified atom stereocenters. The van der Waals surface area contributed by atoms with Crippen molar-refractivity contribution in [3.05, 3.63) is 65.5 Å². The van der Waals surface area contributed by atoms with Gasteiger partial charge in [-0.15, -0.1) is 0 Å². The van der Waals surface area contributed by atoms with Gasteiger partial charge in [0.05, 0.1) is 11.7 Å². The summed E-state index contributed by atoms with van der Waals surface area (Å²) in [5.74, 6) is -1.57. The van der Waals surface area contributed by atoms with Crippen LogP contribution in [-0.4, -0.2) is 41.6 Å². The van der Waals surface area contributed by atoms with Crippen LogP contribution in [0.1, 0.15) is 43.0 Å². The van der Waals surface area contributed by atoms with Crippen LogP contribution < -0.4 is 5.32 Å². The fourth-order valence-corrected chi connectivity index (χ4v) is 4.43. The van der Waals surface area contributed by atoms with Crippen LogP contribution in [0.15, 0.2) is 42.6 Å². The molecule has 5 nitrogen and oxygen atoms in total. The van der Waals surface area contributed by atoms with E-state index in [9.17, 15) is 13.6 Å². The number of nitrogens with one attached hydrogen (secondary N) is 1. The number of amides is 1. The van der Waals surface area contributed by atoms with E-state index in [-0.39, 0.29) is 17.9 Å². The van der Waals surface area contributed by atoms with Crippen molar-refractivity contribution in [1.29, 1.82) is 0 Å². The first-order valence-corrected chi connectivity index (χ1v) is 10.6. The lowest BCUT2D eigenvalue weighted by Crippen LogP contribution is -2.45. The molecule has 3 atom stereocenters. The third-order valence-corrected chi connectivity index (χ3v) is 5.93. The number of carbonyl (C=O) groups excluding carboxylic acids is 1. The second-order valence-corrected chi connectivity index (χ2v) is 8.13. The average molecular weight is 415 g/mol. The number of halogens is 2. The normalized spacial score (nSPS) is 23.3. The van der Waals surface area contributed by atoms with E-state index in [4.69, 9.17) is 4.74 Å². The van der Waals surface area contributed by atoms with E-state index in [1.807, 2.05) is 18.2 Å². The van der Waals surface area contributed by atoms with Crippen molar-refractivity contribution in [2.45, 2.75) is 44.4 Å². The number of benzene rings is 1. The van der Waals surface area contributed by atoms with Gasteiger partial charge in [0.15, 0.2) is 11.6 Å². The molecule has 2 fully saturated rings. The van der Waals surface area contributed by atoms with Crippen molar-refractivity contribution in [1.82, 2.24) is 15.2 Å². The maximum atomic E-state index is 13.6. The summed E-state index contributed by atoms with van der Waals surface area (Å²) in [6.45, 7) is 2.79. The summed E-state index contributed by atoms with van der Waals surface area (Å²) in [6, 6.07) is 9.56. The van der Waals surface area contributed by atoms with Crippen molar-refractivity contribution in [3.8, 4) is 0 Å². The molecule has 2 aliphatic rings. The number of pyridine rings is 1. The van der Waals surface area contributed by atoms with E-state index in [2.05, 4.69) is 15.2 Å². The number of hydrogen-bond acceptors (Lipinski definition) is 4. The average Bonchev–Trinajstić information content (AvgIpc) is 3.30. The molecule has 0 saturated carbocycles. The molecular weight excluding hydrogens is 388 g/mol. The van der Waals surface area contributed by atoms with E-state index >= 15 is 0 Å². The lowest BCUT2D eigenvalue weighted by Gasteiger charge is -2.37. The first kappa shape index (κ1) is 20.9. The van der Waals surface area contributed by atoms with Crippen molar-refractivity contribution in [2.24, 2.45) is 5.92 Å². The largest absolute Gasteiger partial charge is 0.368 e. The highest BCUT2D eigenvalue weighted by molar-refractivity contribution is 5.81. The Morgan fingerprint density at radius 3 is 2.83 bits per heavy atom. The Hall–Kier alpha value is -2.38. The van der Waals surface area contributed by atoms with Gasteiger partial charge in [0, 0.05) is 25.9 Å². The summed E-state index contributed by atoms with van der Waals surface area (Å²) in [5.41, 5.74) is 1.58. The van der Waals surface area contributed by atoms with Crippen molar-refractivity contribution >= 4 is 5.91 Å². The molecule has 30 heavy (non-hydrogen) atoms. The van der Waals surface area contributed by atoms with E-state index in [0.29, 0.717) is 13.2 Å². The molecule has 0 radical (unpaired) electrons. The number of ether oxygens (including phenoxy) is 1. The quantitative estimate of drug-likeness (QED) is 0.783. The van der Waals surface area contributed by atoms with Crippen LogP contribution in [0.4, 0.5) is 8.78 Å². The molecular formula is C23H27F2N3O2. The van der Waals surface area contributed by atoms with Crippen LogP contribution in [0.2, 0.25) is 0 Å². The van der Waals surface area contributed by atoms with Gasteiger partial charge < -0.3 is 10.1 Å². The first-order valence-electron chi connectivity index (χ1n) is 10.6. The van der Waals surface area contributed by atoms with Gasteiger partial charge in [0.1, 0.15) is 6.10 Å². The predicted molar refractivity (Wildman–Crippen MR) is 108 cm³/mol. The van der Waals surface area contributed by atoms with E-state index in [0.717, 1.165) is 50.0 Å². The lowest BCUT2D eigenvalue weighted by atomic mass is 9.88. The first-order chi connectivity index (χ1) is 14.6. The molecule has 3 heterocycles. The molecule has 2 aromatic rings. The topological polar surface area (TPSA) is 54.5 Å². The highest BCUT2D eigenvalue weighted by atomic mass is 19.2. The summed E-state index contributed by atoms with van der Waals surface area (Å²) in [4.78, 5) is 19.5. The van der Waals surface area contributed by atoms with Crippen LogP contribution in [0, 0.1) is 17.6 Å².